The van der Waals surface area contributed by atoms with Crippen LogP contribution in [0.1, 0.15) is 41.6 Å². The number of hydrogen-bond donors (Lipinski definition) is 2. The predicted molar refractivity (Wildman–Crippen MR) is 207 cm³/mol. The first-order chi connectivity index (χ1) is 25.8. The van der Waals surface area contributed by atoms with E-state index >= 15 is 0 Å². The van der Waals surface area contributed by atoms with Gasteiger partial charge in [-0.2, -0.15) is 0 Å². The normalized spacial score (nSPS) is 21.8. The Labute approximate surface area is 319 Å². The predicted octanol–water partition coefficient (Wildman–Crippen LogP) is 7.32. The smallest absolute Gasteiger partial charge is 0.255 e. The second kappa shape index (κ2) is 13.8. The van der Waals surface area contributed by atoms with Gasteiger partial charge >= 0.3 is 0 Å². The second-order valence-electron chi connectivity index (χ2n) is 14.2. The molecule has 3 fully saturated rings. The molecule has 270 valence electrons. The fourth-order valence-electron chi connectivity index (χ4n) is 7.89. The minimum absolute atomic E-state index is 0.141. The summed E-state index contributed by atoms with van der Waals surface area (Å²) in [6, 6.07) is 27.2. The lowest BCUT2D eigenvalue weighted by atomic mass is 9.87. The van der Waals surface area contributed by atoms with E-state index in [1.807, 2.05) is 54.6 Å². The average Bonchev–Trinajstić information content (AvgIpc) is 3.66. The van der Waals surface area contributed by atoms with Crippen molar-refractivity contribution < 1.29 is 29.0 Å². The Morgan fingerprint density at radius 1 is 0.849 bits per heavy atom. The number of thiophene rings is 1. The lowest BCUT2D eigenvalue weighted by Gasteiger charge is -2.46. The van der Waals surface area contributed by atoms with Crippen molar-refractivity contribution in [3.63, 3.8) is 0 Å². The maximum Gasteiger partial charge on any atom is 0.255 e. The molecule has 3 amide bonds. The van der Waals surface area contributed by atoms with E-state index in [0.717, 1.165) is 92.5 Å². The van der Waals surface area contributed by atoms with Gasteiger partial charge in [-0.05, 0) is 90.3 Å². The van der Waals surface area contributed by atoms with Crippen LogP contribution in [0.3, 0.4) is 0 Å². The van der Waals surface area contributed by atoms with Gasteiger partial charge in [-0.1, -0.05) is 28.1 Å². The van der Waals surface area contributed by atoms with Crippen molar-refractivity contribution in [1.29, 1.82) is 0 Å². The first-order valence-electron chi connectivity index (χ1n) is 18.0. The molecule has 12 heteroatoms. The fourth-order valence-corrected chi connectivity index (χ4v) is 9.32. The van der Waals surface area contributed by atoms with Gasteiger partial charge in [0, 0.05) is 83.8 Å². The van der Waals surface area contributed by atoms with Crippen LogP contribution < -0.4 is 19.7 Å². The van der Waals surface area contributed by atoms with Crippen LogP contribution >= 0.6 is 27.3 Å². The zero-order chi connectivity index (χ0) is 36.2. The molecule has 2 N–H and O–H groups in total. The molecule has 1 saturated carbocycles. The zero-order valence-corrected chi connectivity index (χ0v) is 31.2. The lowest BCUT2D eigenvalue weighted by molar-refractivity contribution is -0.136. The van der Waals surface area contributed by atoms with E-state index in [4.69, 9.17) is 9.47 Å². The highest BCUT2D eigenvalue weighted by atomic mass is 79.9. The maximum absolute atomic E-state index is 13.1. The van der Waals surface area contributed by atoms with Gasteiger partial charge in [-0.25, -0.2) is 0 Å². The van der Waals surface area contributed by atoms with E-state index < -0.39 is 6.04 Å². The summed E-state index contributed by atoms with van der Waals surface area (Å²) in [6.07, 6.45) is 2.76. The van der Waals surface area contributed by atoms with Crippen LogP contribution in [0.5, 0.6) is 23.0 Å². The number of phenolic OH excluding ortho intramolecular Hbond substituents is 1. The molecule has 9 rings (SSSR count). The number of anilines is 1. The third kappa shape index (κ3) is 6.64. The topological polar surface area (TPSA) is 112 Å². The van der Waals surface area contributed by atoms with Gasteiger partial charge in [0.1, 0.15) is 29.4 Å². The molecule has 1 aliphatic carbocycles. The van der Waals surface area contributed by atoms with Crippen molar-refractivity contribution in [2.24, 2.45) is 0 Å². The molecule has 0 spiro atoms. The quantitative estimate of drug-likeness (QED) is 0.157. The Bertz CT molecular complexity index is 2230. The van der Waals surface area contributed by atoms with Crippen molar-refractivity contribution in [3.8, 4) is 33.4 Å². The highest BCUT2D eigenvalue weighted by Crippen LogP contribution is 2.47. The Morgan fingerprint density at radius 3 is 2.36 bits per heavy atom. The number of piperidine rings is 1. The minimum atomic E-state index is -0.602. The average molecular weight is 794 g/mol. The number of carbonyl (C=O) groups is 3. The fraction of sp³-hybridized carbons (Fsp3) is 0.293. The van der Waals surface area contributed by atoms with Gasteiger partial charge in [0.2, 0.25) is 11.8 Å². The molecule has 4 aromatic carbocycles. The Hall–Kier alpha value is -4.91. The number of rotatable bonds is 8. The molecule has 1 atom stereocenters. The van der Waals surface area contributed by atoms with Crippen molar-refractivity contribution >= 4 is 60.8 Å². The standard InChI is InChI=1S/C41H37BrN4O6S/c42-26-3-1-24(2-4-26)39-38(34-12-6-29(47)22-36(34)53-39)52-31-9-7-30(8-10-31)51-32-20-28(21-32)45-17-15-44(16-18-45)27-5-11-33-25(19-27)23-46(41(33)50)35-13-14-37(48)43-40(35)49/h1-12,19,22,28,32,35,47H,13-18,20-21,23H2,(H,43,48,49). The van der Waals surface area contributed by atoms with Crippen LogP contribution in [0.2, 0.25) is 0 Å². The van der Waals surface area contributed by atoms with Crippen molar-refractivity contribution in [1.82, 2.24) is 15.1 Å². The molecule has 1 aromatic heterocycles. The summed E-state index contributed by atoms with van der Waals surface area (Å²) in [5.41, 5.74) is 3.72. The number of imide groups is 1. The Kier molecular flexibility index (Phi) is 8.84. The van der Waals surface area contributed by atoms with Gasteiger partial charge in [0.25, 0.3) is 5.91 Å². The largest absolute Gasteiger partial charge is 0.508 e. The molecule has 4 heterocycles. The Balaban J connectivity index is 0.776. The van der Waals surface area contributed by atoms with Crippen LogP contribution in [0.25, 0.3) is 20.5 Å². The van der Waals surface area contributed by atoms with E-state index in [2.05, 4.69) is 49.2 Å². The number of fused-ring (bicyclic) bond motifs is 2. The van der Waals surface area contributed by atoms with Crippen molar-refractivity contribution in [2.75, 3.05) is 31.1 Å². The van der Waals surface area contributed by atoms with Crippen LogP contribution in [0.15, 0.2) is 89.4 Å². The van der Waals surface area contributed by atoms with Gasteiger partial charge in [0.05, 0.1) is 4.88 Å². The summed E-state index contributed by atoms with van der Waals surface area (Å²) >= 11 is 5.12. The number of amides is 3. The molecule has 0 bridgehead atoms. The summed E-state index contributed by atoms with van der Waals surface area (Å²) in [7, 11) is 0. The number of nitrogens with zero attached hydrogens (tertiary/aromatic N) is 3. The van der Waals surface area contributed by atoms with E-state index in [-0.39, 0.29) is 36.0 Å². The van der Waals surface area contributed by atoms with Gasteiger partial charge in [-0.15, -0.1) is 11.3 Å². The molecule has 4 aliphatic rings. The summed E-state index contributed by atoms with van der Waals surface area (Å²) < 4.78 is 14.8. The summed E-state index contributed by atoms with van der Waals surface area (Å²) in [5, 5.41) is 13.4. The van der Waals surface area contributed by atoms with E-state index in [0.29, 0.717) is 24.6 Å². The number of benzene rings is 4. The highest BCUT2D eigenvalue weighted by molar-refractivity contribution is 9.10. The maximum atomic E-state index is 13.1. The van der Waals surface area contributed by atoms with Crippen LogP contribution in [0.4, 0.5) is 5.69 Å². The SMILES string of the molecule is O=C1CCC(N2Cc3cc(N4CCN(C5CC(Oc6ccc(Oc7c(-c8ccc(Br)cc8)sc8cc(O)ccc78)cc6)C5)CC4)ccc3C2=O)C(=O)N1. The minimum Gasteiger partial charge on any atom is -0.508 e. The molecular formula is C41H37BrN4O6S. The van der Waals surface area contributed by atoms with Crippen molar-refractivity contribution in [3.05, 3.63) is 101 Å². The lowest BCUT2D eigenvalue weighted by Crippen LogP contribution is -2.56. The number of aromatic hydroxyl groups is 1. The third-order valence-electron chi connectivity index (χ3n) is 10.9. The number of carbonyl (C=O) groups excluding carboxylic acids is 3. The van der Waals surface area contributed by atoms with Gasteiger partial charge < -0.3 is 24.4 Å². The Morgan fingerprint density at radius 2 is 1.60 bits per heavy atom. The molecular weight excluding hydrogens is 756 g/mol. The first kappa shape index (κ1) is 33.9. The summed E-state index contributed by atoms with van der Waals surface area (Å²) in [6.45, 7) is 4.11. The van der Waals surface area contributed by atoms with E-state index in [9.17, 15) is 19.5 Å². The summed E-state index contributed by atoms with van der Waals surface area (Å²) in [4.78, 5) is 44.7. The number of hydrogen-bond acceptors (Lipinski definition) is 9. The van der Waals surface area contributed by atoms with Crippen molar-refractivity contribution in [2.45, 2.75) is 50.4 Å². The molecule has 2 saturated heterocycles. The third-order valence-corrected chi connectivity index (χ3v) is 12.6. The molecule has 53 heavy (non-hydrogen) atoms. The molecule has 5 aromatic rings. The second-order valence-corrected chi connectivity index (χ2v) is 16.1. The molecule has 3 aliphatic heterocycles. The van der Waals surface area contributed by atoms with Crippen LogP contribution in [-0.4, -0.2) is 77.0 Å². The van der Waals surface area contributed by atoms with Crippen LogP contribution in [-0.2, 0) is 16.1 Å². The zero-order valence-electron chi connectivity index (χ0n) is 28.8. The molecule has 10 nitrogen and oxygen atoms in total. The summed E-state index contributed by atoms with van der Waals surface area (Å²) in [5.74, 6) is 1.73. The van der Waals surface area contributed by atoms with E-state index in [1.165, 1.54) is 0 Å². The highest BCUT2D eigenvalue weighted by Gasteiger charge is 2.40. The van der Waals surface area contributed by atoms with Crippen LogP contribution in [0, 0.1) is 0 Å². The number of nitrogens with one attached hydrogen (secondary N) is 1. The van der Waals surface area contributed by atoms with Gasteiger partial charge in [0.15, 0.2) is 5.75 Å². The van der Waals surface area contributed by atoms with E-state index in [1.54, 1.807) is 28.4 Å². The molecule has 1 unspecified atom stereocenters. The molecule has 0 radical (unpaired) electrons. The number of ether oxygens (including phenoxy) is 2. The number of phenols is 1. The monoisotopic (exact) mass is 792 g/mol. The number of piperazine rings is 1. The van der Waals surface area contributed by atoms with Gasteiger partial charge in [-0.3, -0.25) is 24.6 Å². The number of halogens is 1. The first-order valence-corrected chi connectivity index (χ1v) is 19.6.